The molecule has 1 aromatic carbocycles. The SMILES string of the molecule is Nc1cnc(COCCOCc2ccccc2)[nH]1. The lowest BCUT2D eigenvalue weighted by Gasteiger charge is -2.04. The summed E-state index contributed by atoms with van der Waals surface area (Å²) < 4.78 is 10.9. The molecule has 0 spiro atoms. The highest BCUT2D eigenvalue weighted by Gasteiger charge is 1.97. The molecule has 1 heterocycles. The maximum Gasteiger partial charge on any atom is 0.133 e. The first-order valence-electron chi connectivity index (χ1n) is 5.83. The Morgan fingerprint density at radius 3 is 2.44 bits per heavy atom. The molecule has 2 aromatic rings. The molecule has 0 unspecified atom stereocenters. The molecule has 2 rings (SSSR count). The number of nitrogens with one attached hydrogen (secondary N) is 1. The lowest BCUT2D eigenvalue weighted by Crippen LogP contribution is -2.05. The lowest BCUT2D eigenvalue weighted by atomic mass is 10.2. The van der Waals surface area contributed by atoms with Gasteiger partial charge < -0.3 is 20.2 Å². The number of benzene rings is 1. The van der Waals surface area contributed by atoms with Crippen molar-refractivity contribution in [2.45, 2.75) is 13.2 Å². The Labute approximate surface area is 106 Å². The van der Waals surface area contributed by atoms with E-state index in [9.17, 15) is 0 Å². The van der Waals surface area contributed by atoms with Crippen molar-refractivity contribution in [1.29, 1.82) is 0 Å². The molecule has 0 aliphatic rings. The predicted molar refractivity (Wildman–Crippen MR) is 68.8 cm³/mol. The molecule has 0 bridgehead atoms. The molecule has 0 saturated heterocycles. The van der Waals surface area contributed by atoms with Gasteiger partial charge in [0.15, 0.2) is 0 Å². The molecule has 0 aliphatic heterocycles. The van der Waals surface area contributed by atoms with Crippen molar-refractivity contribution in [3.8, 4) is 0 Å². The van der Waals surface area contributed by atoms with E-state index in [1.165, 1.54) is 0 Å². The highest BCUT2D eigenvalue weighted by Crippen LogP contribution is 2.01. The van der Waals surface area contributed by atoms with E-state index < -0.39 is 0 Å². The fourth-order valence-electron chi connectivity index (χ4n) is 1.50. The first kappa shape index (κ1) is 12.6. The first-order chi connectivity index (χ1) is 8.84. The monoisotopic (exact) mass is 247 g/mol. The third-order valence-electron chi connectivity index (χ3n) is 2.37. The van der Waals surface area contributed by atoms with Crippen LogP contribution in [-0.2, 0) is 22.7 Å². The van der Waals surface area contributed by atoms with Crippen LogP contribution in [0.25, 0.3) is 0 Å². The Balaban J connectivity index is 1.54. The molecule has 0 fully saturated rings. The fourth-order valence-corrected chi connectivity index (χ4v) is 1.50. The third-order valence-corrected chi connectivity index (χ3v) is 2.37. The molecule has 0 atom stereocenters. The molecule has 0 radical (unpaired) electrons. The van der Waals surface area contributed by atoms with Crippen molar-refractivity contribution in [3.63, 3.8) is 0 Å². The molecule has 5 heteroatoms. The van der Waals surface area contributed by atoms with Gasteiger partial charge in [0, 0.05) is 0 Å². The van der Waals surface area contributed by atoms with Crippen molar-refractivity contribution in [3.05, 3.63) is 47.9 Å². The summed E-state index contributed by atoms with van der Waals surface area (Å²) in [5, 5.41) is 0. The molecule has 18 heavy (non-hydrogen) atoms. The molecule has 0 aliphatic carbocycles. The Hall–Kier alpha value is -1.85. The Kier molecular flexibility index (Phi) is 4.75. The molecule has 3 N–H and O–H groups in total. The van der Waals surface area contributed by atoms with Gasteiger partial charge in [-0.05, 0) is 5.56 Å². The minimum absolute atomic E-state index is 0.423. The number of ether oxygens (including phenoxy) is 2. The van der Waals surface area contributed by atoms with E-state index in [1.807, 2.05) is 30.3 Å². The van der Waals surface area contributed by atoms with Crippen LogP contribution in [0.3, 0.4) is 0 Å². The maximum absolute atomic E-state index is 5.50. The second-order valence-electron chi connectivity index (χ2n) is 3.88. The Morgan fingerprint density at radius 2 is 1.78 bits per heavy atom. The predicted octanol–water partition coefficient (Wildman–Crippen LogP) is 1.73. The summed E-state index contributed by atoms with van der Waals surface area (Å²) in [4.78, 5) is 6.93. The van der Waals surface area contributed by atoms with Crippen molar-refractivity contribution in [2.75, 3.05) is 18.9 Å². The standard InChI is InChI=1S/C13H17N3O2/c14-12-8-15-13(16-12)10-18-7-6-17-9-11-4-2-1-3-5-11/h1-5,8H,6-7,9-10,14H2,(H,15,16). The van der Waals surface area contributed by atoms with Crippen LogP contribution in [0.5, 0.6) is 0 Å². The molecule has 1 aromatic heterocycles. The Morgan fingerprint density at radius 1 is 1.06 bits per heavy atom. The number of imidazole rings is 1. The molecular formula is C13H17N3O2. The number of nitrogens with zero attached hydrogens (tertiary/aromatic N) is 1. The first-order valence-corrected chi connectivity index (χ1v) is 5.83. The van der Waals surface area contributed by atoms with Gasteiger partial charge in [-0.15, -0.1) is 0 Å². The van der Waals surface area contributed by atoms with Crippen LogP contribution in [0.4, 0.5) is 5.82 Å². The van der Waals surface area contributed by atoms with E-state index in [2.05, 4.69) is 9.97 Å². The lowest BCUT2D eigenvalue weighted by molar-refractivity contribution is 0.0320. The van der Waals surface area contributed by atoms with E-state index in [0.717, 1.165) is 11.4 Å². The number of aromatic amines is 1. The van der Waals surface area contributed by atoms with Crippen LogP contribution in [0.2, 0.25) is 0 Å². The summed E-state index contributed by atoms with van der Waals surface area (Å²) in [7, 11) is 0. The molecule has 5 nitrogen and oxygen atoms in total. The molecule has 0 amide bonds. The maximum atomic E-state index is 5.50. The quantitative estimate of drug-likeness (QED) is 0.731. The van der Waals surface area contributed by atoms with Crippen LogP contribution in [0.15, 0.2) is 36.5 Å². The van der Waals surface area contributed by atoms with Crippen molar-refractivity contribution in [2.24, 2.45) is 0 Å². The molecule has 0 saturated carbocycles. The summed E-state index contributed by atoms with van der Waals surface area (Å²) in [5.74, 6) is 1.28. The van der Waals surface area contributed by atoms with E-state index in [4.69, 9.17) is 15.2 Å². The van der Waals surface area contributed by atoms with Gasteiger partial charge >= 0.3 is 0 Å². The number of rotatable bonds is 7. The van der Waals surface area contributed by atoms with E-state index >= 15 is 0 Å². The van der Waals surface area contributed by atoms with Gasteiger partial charge in [-0.25, -0.2) is 4.98 Å². The average molecular weight is 247 g/mol. The van der Waals surface area contributed by atoms with Crippen molar-refractivity contribution >= 4 is 5.82 Å². The number of hydrogen-bond acceptors (Lipinski definition) is 4. The largest absolute Gasteiger partial charge is 0.384 e. The van der Waals surface area contributed by atoms with E-state index in [1.54, 1.807) is 6.20 Å². The van der Waals surface area contributed by atoms with Crippen LogP contribution in [0, 0.1) is 0 Å². The Bertz CT molecular complexity index is 456. The summed E-state index contributed by atoms with van der Waals surface area (Å²) in [6, 6.07) is 10.0. The van der Waals surface area contributed by atoms with Gasteiger partial charge in [0.25, 0.3) is 0 Å². The van der Waals surface area contributed by atoms with Crippen LogP contribution in [0.1, 0.15) is 11.4 Å². The van der Waals surface area contributed by atoms with Gasteiger partial charge in [0.1, 0.15) is 18.2 Å². The van der Waals surface area contributed by atoms with E-state index in [0.29, 0.717) is 32.2 Å². The van der Waals surface area contributed by atoms with Crippen LogP contribution in [-0.4, -0.2) is 23.2 Å². The number of anilines is 1. The summed E-state index contributed by atoms with van der Waals surface area (Å²) >= 11 is 0. The van der Waals surface area contributed by atoms with E-state index in [-0.39, 0.29) is 0 Å². The van der Waals surface area contributed by atoms with Gasteiger partial charge in [-0.2, -0.15) is 0 Å². The van der Waals surface area contributed by atoms with Gasteiger partial charge in [0.05, 0.1) is 26.0 Å². The smallest absolute Gasteiger partial charge is 0.133 e. The number of aromatic nitrogens is 2. The number of nitrogen functional groups attached to an aromatic ring is 1. The zero-order valence-corrected chi connectivity index (χ0v) is 10.1. The summed E-state index contributed by atoms with van der Waals surface area (Å²) in [6.07, 6.45) is 1.57. The summed E-state index contributed by atoms with van der Waals surface area (Å²) in [6.45, 7) is 2.13. The van der Waals surface area contributed by atoms with Crippen LogP contribution >= 0.6 is 0 Å². The average Bonchev–Trinajstić information content (AvgIpc) is 2.81. The summed E-state index contributed by atoms with van der Waals surface area (Å²) in [5.41, 5.74) is 6.66. The fraction of sp³-hybridized carbons (Fsp3) is 0.308. The molecule has 96 valence electrons. The number of nitrogens with two attached hydrogens (primary N) is 1. The van der Waals surface area contributed by atoms with Gasteiger partial charge in [-0.3, -0.25) is 0 Å². The highest BCUT2D eigenvalue weighted by molar-refractivity contribution is 5.23. The zero-order valence-electron chi connectivity index (χ0n) is 10.1. The van der Waals surface area contributed by atoms with Gasteiger partial charge in [0.2, 0.25) is 0 Å². The molecular weight excluding hydrogens is 230 g/mol. The second kappa shape index (κ2) is 6.78. The minimum Gasteiger partial charge on any atom is -0.384 e. The number of hydrogen-bond donors (Lipinski definition) is 2. The van der Waals surface area contributed by atoms with Gasteiger partial charge in [-0.1, -0.05) is 30.3 Å². The highest BCUT2D eigenvalue weighted by atomic mass is 16.5. The van der Waals surface area contributed by atoms with Crippen molar-refractivity contribution < 1.29 is 9.47 Å². The number of H-pyrrole nitrogens is 1. The minimum atomic E-state index is 0.423. The van der Waals surface area contributed by atoms with Crippen molar-refractivity contribution in [1.82, 2.24) is 9.97 Å². The zero-order chi connectivity index (χ0) is 12.6. The normalized spacial score (nSPS) is 10.7. The third kappa shape index (κ3) is 4.20. The topological polar surface area (TPSA) is 73.2 Å². The second-order valence-corrected chi connectivity index (χ2v) is 3.88. The van der Waals surface area contributed by atoms with Crippen LogP contribution < -0.4 is 5.73 Å².